The summed E-state index contributed by atoms with van der Waals surface area (Å²) < 4.78 is 5.34. The van der Waals surface area contributed by atoms with Crippen molar-refractivity contribution in [1.82, 2.24) is 0 Å². The number of carbonyl (C=O) groups excluding carboxylic acids is 2. The van der Waals surface area contributed by atoms with Crippen LogP contribution in [-0.4, -0.2) is 18.8 Å². The molecule has 2 aromatic carbocycles. The fourth-order valence-corrected chi connectivity index (χ4v) is 1.66. The smallest absolute Gasteiger partial charge is 0.262 e. The summed E-state index contributed by atoms with van der Waals surface area (Å²) in [6.07, 6.45) is 0.735. The summed E-state index contributed by atoms with van der Waals surface area (Å²) in [7, 11) is 0. The van der Waals surface area contributed by atoms with Gasteiger partial charge in [-0.05, 0) is 31.2 Å². The zero-order chi connectivity index (χ0) is 14.4. The van der Waals surface area contributed by atoms with Crippen LogP contribution in [0.4, 0.5) is 5.69 Å². The molecule has 0 unspecified atom stereocenters. The molecule has 0 aliphatic carbocycles. The minimum atomic E-state index is -0.245. The molecule has 20 heavy (non-hydrogen) atoms. The van der Waals surface area contributed by atoms with Crippen molar-refractivity contribution in [2.24, 2.45) is 0 Å². The number of hydrogen-bond acceptors (Lipinski definition) is 3. The number of nitrogens with one attached hydrogen (secondary N) is 1. The van der Waals surface area contributed by atoms with Crippen LogP contribution in [0.3, 0.4) is 0 Å². The van der Waals surface area contributed by atoms with Gasteiger partial charge < -0.3 is 10.1 Å². The van der Waals surface area contributed by atoms with Crippen LogP contribution in [0.25, 0.3) is 0 Å². The largest absolute Gasteiger partial charge is 0.484 e. The van der Waals surface area contributed by atoms with Crippen molar-refractivity contribution in [3.8, 4) is 5.75 Å². The first-order valence-electron chi connectivity index (χ1n) is 6.22. The maximum atomic E-state index is 11.7. The first kappa shape index (κ1) is 13.8. The van der Waals surface area contributed by atoms with Crippen LogP contribution >= 0.6 is 0 Å². The van der Waals surface area contributed by atoms with E-state index in [2.05, 4.69) is 5.32 Å². The number of aldehydes is 1. The molecule has 0 fully saturated rings. The van der Waals surface area contributed by atoms with E-state index in [0.29, 0.717) is 11.3 Å². The summed E-state index contributed by atoms with van der Waals surface area (Å²) in [6, 6.07) is 14.2. The Labute approximate surface area is 117 Å². The first-order chi connectivity index (χ1) is 9.67. The number of ether oxygens (including phenoxy) is 1. The second-order valence-corrected chi connectivity index (χ2v) is 4.39. The third-order valence-corrected chi connectivity index (χ3v) is 2.70. The number of amides is 1. The molecule has 4 nitrogen and oxygen atoms in total. The number of benzene rings is 2. The molecule has 1 N–H and O–H groups in total. The highest BCUT2D eigenvalue weighted by Gasteiger charge is 2.04. The van der Waals surface area contributed by atoms with E-state index in [4.69, 9.17) is 4.74 Å². The summed E-state index contributed by atoms with van der Waals surface area (Å²) in [5, 5.41) is 2.73. The van der Waals surface area contributed by atoms with Gasteiger partial charge in [0.05, 0.1) is 0 Å². The van der Waals surface area contributed by atoms with Gasteiger partial charge in [-0.3, -0.25) is 9.59 Å². The van der Waals surface area contributed by atoms with Gasteiger partial charge in [0.1, 0.15) is 12.0 Å². The zero-order valence-electron chi connectivity index (χ0n) is 11.1. The normalized spacial score (nSPS) is 9.85. The predicted molar refractivity (Wildman–Crippen MR) is 77.1 cm³/mol. The van der Waals surface area contributed by atoms with Gasteiger partial charge in [-0.1, -0.05) is 29.8 Å². The maximum absolute atomic E-state index is 11.7. The SMILES string of the molecule is Cc1ccc(NC(=O)COc2cccc(C=O)c2)cc1. The fraction of sp³-hybridized carbons (Fsp3) is 0.125. The topological polar surface area (TPSA) is 55.4 Å². The van der Waals surface area contributed by atoms with E-state index in [0.717, 1.165) is 17.5 Å². The van der Waals surface area contributed by atoms with E-state index < -0.39 is 0 Å². The molecular weight excluding hydrogens is 254 g/mol. The molecular formula is C16H15NO3. The minimum Gasteiger partial charge on any atom is -0.484 e. The molecule has 0 heterocycles. The minimum absolute atomic E-state index is 0.101. The Kier molecular flexibility index (Phi) is 4.50. The van der Waals surface area contributed by atoms with Crippen LogP contribution in [0, 0.1) is 6.92 Å². The van der Waals surface area contributed by atoms with Gasteiger partial charge in [0.25, 0.3) is 5.91 Å². The van der Waals surface area contributed by atoms with Crippen molar-refractivity contribution in [2.75, 3.05) is 11.9 Å². The third kappa shape index (κ3) is 3.95. The average molecular weight is 269 g/mol. The summed E-state index contributed by atoms with van der Waals surface area (Å²) in [5.74, 6) is 0.249. The van der Waals surface area contributed by atoms with Crippen molar-refractivity contribution in [2.45, 2.75) is 6.92 Å². The highest BCUT2D eigenvalue weighted by atomic mass is 16.5. The van der Waals surface area contributed by atoms with Crippen LogP contribution in [0.5, 0.6) is 5.75 Å². The lowest BCUT2D eigenvalue weighted by molar-refractivity contribution is -0.118. The van der Waals surface area contributed by atoms with Crippen molar-refractivity contribution < 1.29 is 14.3 Å². The summed E-state index contributed by atoms with van der Waals surface area (Å²) in [4.78, 5) is 22.4. The Balaban J connectivity index is 1.88. The number of rotatable bonds is 5. The number of carbonyl (C=O) groups is 2. The third-order valence-electron chi connectivity index (χ3n) is 2.70. The van der Waals surface area contributed by atoms with Gasteiger partial charge in [-0.25, -0.2) is 0 Å². The van der Waals surface area contributed by atoms with E-state index in [1.54, 1.807) is 24.3 Å². The van der Waals surface area contributed by atoms with Gasteiger partial charge in [-0.15, -0.1) is 0 Å². The van der Waals surface area contributed by atoms with Crippen molar-refractivity contribution in [3.63, 3.8) is 0 Å². The predicted octanol–water partition coefficient (Wildman–Crippen LogP) is 2.83. The molecule has 0 aliphatic rings. The van der Waals surface area contributed by atoms with Gasteiger partial charge in [0.15, 0.2) is 6.61 Å². The lowest BCUT2D eigenvalue weighted by atomic mass is 10.2. The molecule has 0 bridgehead atoms. The molecule has 1 amide bonds. The zero-order valence-corrected chi connectivity index (χ0v) is 11.1. The summed E-state index contributed by atoms with van der Waals surface area (Å²) in [5.41, 5.74) is 2.37. The highest BCUT2D eigenvalue weighted by molar-refractivity contribution is 5.91. The monoisotopic (exact) mass is 269 g/mol. The lowest BCUT2D eigenvalue weighted by Gasteiger charge is -2.08. The van der Waals surface area contributed by atoms with Crippen molar-refractivity contribution in [3.05, 3.63) is 59.7 Å². The molecule has 0 saturated carbocycles. The Morgan fingerprint density at radius 2 is 1.95 bits per heavy atom. The van der Waals surface area contributed by atoms with Crippen LogP contribution in [0.15, 0.2) is 48.5 Å². The second-order valence-electron chi connectivity index (χ2n) is 4.39. The van der Waals surface area contributed by atoms with Gasteiger partial charge >= 0.3 is 0 Å². The highest BCUT2D eigenvalue weighted by Crippen LogP contribution is 2.12. The van der Waals surface area contributed by atoms with E-state index in [1.807, 2.05) is 31.2 Å². The molecule has 0 aliphatic heterocycles. The Bertz CT molecular complexity index is 605. The van der Waals surface area contributed by atoms with Crippen LogP contribution in [0.2, 0.25) is 0 Å². The molecule has 2 aromatic rings. The molecule has 0 spiro atoms. The van der Waals surface area contributed by atoms with E-state index in [-0.39, 0.29) is 12.5 Å². The molecule has 0 saturated heterocycles. The Morgan fingerprint density at radius 1 is 1.20 bits per heavy atom. The number of hydrogen-bond donors (Lipinski definition) is 1. The van der Waals surface area contributed by atoms with Crippen molar-refractivity contribution in [1.29, 1.82) is 0 Å². The lowest BCUT2D eigenvalue weighted by Crippen LogP contribution is -2.20. The number of anilines is 1. The first-order valence-corrected chi connectivity index (χ1v) is 6.22. The van der Waals surface area contributed by atoms with Gasteiger partial charge in [0.2, 0.25) is 0 Å². The van der Waals surface area contributed by atoms with Crippen LogP contribution < -0.4 is 10.1 Å². The quantitative estimate of drug-likeness (QED) is 0.849. The summed E-state index contributed by atoms with van der Waals surface area (Å²) >= 11 is 0. The van der Waals surface area contributed by atoms with Crippen LogP contribution in [0.1, 0.15) is 15.9 Å². The summed E-state index contributed by atoms with van der Waals surface area (Å²) in [6.45, 7) is 1.88. The number of aryl methyl sites for hydroxylation is 1. The molecule has 4 heteroatoms. The van der Waals surface area contributed by atoms with E-state index >= 15 is 0 Å². The standard InChI is InChI=1S/C16H15NO3/c1-12-5-7-14(8-6-12)17-16(19)11-20-15-4-2-3-13(9-15)10-18/h2-10H,11H2,1H3,(H,17,19). The Morgan fingerprint density at radius 3 is 2.65 bits per heavy atom. The maximum Gasteiger partial charge on any atom is 0.262 e. The Hall–Kier alpha value is -2.62. The molecule has 102 valence electrons. The molecule has 2 rings (SSSR count). The fourth-order valence-electron chi connectivity index (χ4n) is 1.66. The van der Waals surface area contributed by atoms with Gasteiger partial charge in [0, 0.05) is 11.3 Å². The van der Waals surface area contributed by atoms with Crippen molar-refractivity contribution >= 4 is 17.9 Å². The van der Waals surface area contributed by atoms with Crippen LogP contribution in [-0.2, 0) is 4.79 Å². The molecule has 0 atom stereocenters. The average Bonchev–Trinajstić information content (AvgIpc) is 2.48. The molecule has 0 aromatic heterocycles. The second kappa shape index (κ2) is 6.52. The van der Waals surface area contributed by atoms with Gasteiger partial charge in [-0.2, -0.15) is 0 Å². The van der Waals surface area contributed by atoms with E-state index in [9.17, 15) is 9.59 Å². The molecule has 0 radical (unpaired) electrons. The van der Waals surface area contributed by atoms with E-state index in [1.165, 1.54) is 0 Å².